The number of hydrogen-bond donors (Lipinski definition) is 1. The minimum Gasteiger partial charge on any atom is -0.310 e. The van der Waals surface area contributed by atoms with Gasteiger partial charge in [0.1, 0.15) is 0 Å². The summed E-state index contributed by atoms with van der Waals surface area (Å²) in [7, 11) is 2.33. The number of nitrogens with zero attached hydrogens (tertiary/aromatic N) is 1. The van der Waals surface area contributed by atoms with E-state index in [9.17, 15) is 0 Å². The average molecular weight is 224 g/mol. The Morgan fingerprint density at radius 3 is 2.62 bits per heavy atom. The number of rotatable bonds is 3. The Balaban J connectivity index is 1.88. The molecule has 0 amide bonds. The van der Waals surface area contributed by atoms with Crippen molar-refractivity contribution in [2.24, 2.45) is 5.92 Å². The zero-order valence-corrected chi connectivity index (χ0v) is 11.3. The molecule has 0 aromatic carbocycles. The van der Waals surface area contributed by atoms with E-state index in [1.807, 2.05) is 0 Å². The van der Waals surface area contributed by atoms with Gasteiger partial charge in [-0.15, -0.1) is 0 Å². The minimum absolute atomic E-state index is 0.381. The summed E-state index contributed by atoms with van der Waals surface area (Å²) in [6, 6.07) is 0.827. The summed E-state index contributed by atoms with van der Waals surface area (Å²) >= 11 is 0. The summed E-state index contributed by atoms with van der Waals surface area (Å²) in [6.45, 7) is 7.27. The Morgan fingerprint density at radius 1 is 1.25 bits per heavy atom. The highest BCUT2D eigenvalue weighted by Crippen LogP contribution is 2.29. The Bertz CT molecular complexity index is 221. The molecule has 2 rings (SSSR count). The first-order valence-corrected chi connectivity index (χ1v) is 7.06. The number of likely N-dealkylation sites (N-methyl/N-ethyl adjacent to an activating group) is 1. The van der Waals surface area contributed by atoms with Gasteiger partial charge in [0.15, 0.2) is 0 Å². The third-order valence-corrected chi connectivity index (χ3v) is 4.69. The highest BCUT2D eigenvalue weighted by molar-refractivity contribution is 4.93. The Hall–Kier alpha value is -0.0800. The van der Waals surface area contributed by atoms with Gasteiger partial charge in [0.05, 0.1) is 0 Å². The maximum absolute atomic E-state index is 3.68. The van der Waals surface area contributed by atoms with E-state index < -0.39 is 0 Å². The molecule has 0 aromatic heterocycles. The first-order valence-electron chi connectivity index (χ1n) is 7.06. The lowest BCUT2D eigenvalue weighted by Crippen LogP contribution is -2.51. The van der Waals surface area contributed by atoms with Gasteiger partial charge in [-0.05, 0) is 52.1 Å². The van der Waals surface area contributed by atoms with Gasteiger partial charge in [-0.3, -0.25) is 0 Å². The van der Waals surface area contributed by atoms with Crippen molar-refractivity contribution in [3.8, 4) is 0 Å². The molecule has 1 aliphatic carbocycles. The van der Waals surface area contributed by atoms with Crippen LogP contribution in [0.4, 0.5) is 0 Å². The second-order valence-electron chi connectivity index (χ2n) is 6.34. The quantitative estimate of drug-likeness (QED) is 0.793. The fraction of sp³-hybridized carbons (Fsp3) is 1.00. The highest BCUT2D eigenvalue weighted by Gasteiger charge is 2.33. The van der Waals surface area contributed by atoms with E-state index in [2.05, 4.69) is 31.1 Å². The lowest BCUT2D eigenvalue weighted by molar-refractivity contribution is 0.111. The minimum atomic E-state index is 0.381. The molecule has 0 bridgehead atoms. The Kier molecular flexibility index (Phi) is 3.91. The molecule has 3 unspecified atom stereocenters. The number of nitrogens with one attached hydrogen (secondary N) is 1. The third-order valence-electron chi connectivity index (χ3n) is 4.69. The zero-order chi connectivity index (χ0) is 11.6. The van der Waals surface area contributed by atoms with E-state index in [-0.39, 0.29) is 0 Å². The molecule has 1 saturated heterocycles. The molecule has 2 heteroatoms. The summed E-state index contributed by atoms with van der Waals surface area (Å²) in [5.74, 6) is 0.892. The first kappa shape index (κ1) is 12.4. The predicted octanol–water partition coefficient (Wildman–Crippen LogP) is 2.64. The van der Waals surface area contributed by atoms with Crippen LogP contribution in [-0.2, 0) is 0 Å². The molecular weight excluding hydrogens is 196 g/mol. The predicted molar refractivity (Wildman–Crippen MR) is 69.7 cm³/mol. The van der Waals surface area contributed by atoms with Gasteiger partial charge in [-0.25, -0.2) is 0 Å². The average Bonchev–Trinajstić information content (AvgIpc) is 2.65. The Labute approximate surface area is 101 Å². The van der Waals surface area contributed by atoms with Crippen LogP contribution in [0.2, 0.25) is 0 Å². The van der Waals surface area contributed by atoms with Crippen molar-refractivity contribution >= 4 is 0 Å². The lowest BCUT2D eigenvalue weighted by Gasteiger charge is -2.40. The molecule has 0 spiro atoms. The third kappa shape index (κ3) is 2.78. The van der Waals surface area contributed by atoms with E-state index in [0.717, 1.165) is 12.0 Å². The van der Waals surface area contributed by atoms with Crippen LogP contribution in [0.25, 0.3) is 0 Å². The van der Waals surface area contributed by atoms with Crippen LogP contribution >= 0.6 is 0 Å². The molecule has 0 radical (unpaired) electrons. The monoisotopic (exact) mass is 224 g/mol. The highest BCUT2D eigenvalue weighted by atomic mass is 15.2. The molecule has 16 heavy (non-hydrogen) atoms. The van der Waals surface area contributed by atoms with E-state index in [1.54, 1.807) is 0 Å². The molecule has 1 saturated carbocycles. The summed E-state index contributed by atoms with van der Waals surface area (Å²) in [5, 5.41) is 3.68. The molecule has 1 heterocycles. The van der Waals surface area contributed by atoms with Crippen molar-refractivity contribution in [2.75, 3.05) is 20.1 Å². The SMILES string of the molecule is CC1CCCCC1N(C)CC1(C)CCCN1. The van der Waals surface area contributed by atoms with Crippen LogP contribution in [0.3, 0.4) is 0 Å². The van der Waals surface area contributed by atoms with Crippen molar-refractivity contribution in [3.05, 3.63) is 0 Å². The summed E-state index contributed by atoms with van der Waals surface area (Å²) in [5.41, 5.74) is 0.381. The van der Waals surface area contributed by atoms with Crippen molar-refractivity contribution < 1.29 is 0 Å². The van der Waals surface area contributed by atoms with Crippen LogP contribution in [-0.4, -0.2) is 36.6 Å². The maximum Gasteiger partial charge on any atom is 0.0280 e. The first-order chi connectivity index (χ1) is 7.61. The molecule has 3 atom stereocenters. The van der Waals surface area contributed by atoms with Crippen molar-refractivity contribution in [3.63, 3.8) is 0 Å². The van der Waals surface area contributed by atoms with Gasteiger partial charge >= 0.3 is 0 Å². The zero-order valence-electron chi connectivity index (χ0n) is 11.3. The molecule has 94 valence electrons. The van der Waals surface area contributed by atoms with Crippen molar-refractivity contribution in [1.29, 1.82) is 0 Å². The molecular formula is C14H28N2. The fourth-order valence-corrected chi connectivity index (χ4v) is 3.71. The van der Waals surface area contributed by atoms with E-state index in [0.29, 0.717) is 5.54 Å². The topological polar surface area (TPSA) is 15.3 Å². The molecule has 2 aliphatic rings. The molecule has 2 fully saturated rings. The number of hydrogen-bond acceptors (Lipinski definition) is 2. The summed E-state index contributed by atoms with van der Waals surface area (Å²) < 4.78 is 0. The van der Waals surface area contributed by atoms with Gasteiger partial charge in [-0.2, -0.15) is 0 Å². The van der Waals surface area contributed by atoms with Crippen LogP contribution in [0.5, 0.6) is 0 Å². The standard InChI is InChI=1S/C14H28N2/c1-12-7-4-5-8-13(12)16(3)11-14(2)9-6-10-15-14/h12-13,15H,4-11H2,1-3H3. The Morgan fingerprint density at radius 2 is 2.00 bits per heavy atom. The smallest absolute Gasteiger partial charge is 0.0280 e. The van der Waals surface area contributed by atoms with Crippen molar-refractivity contribution in [2.45, 2.75) is 64.0 Å². The van der Waals surface area contributed by atoms with E-state index in [4.69, 9.17) is 0 Å². The largest absolute Gasteiger partial charge is 0.310 e. The van der Waals surface area contributed by atoms with E-state index in [1.165, 1.54) is 51.6 Å². The summed E-state index contributed by atoms with van der Waals surface area (Å²) in [4.78, 5) is 2.63. The van der Waals surface area contributed by atoms with Gasteiger partial charge in [-0.1, -0.05) is 19.8 Å². The van der Waals surface area contributed by atoms with Crippen LogP contribution in [0, 0.1) is 5.92 Å². The second kappa shape index (κ2) is 5.05. The maximum atomic E-state index is 3.68. The van der Waals surface area contributed by atoms with Crippen LogP contribution < -0.4 is 5.32 Å². The van der Waals surface area contributed by atoms with Gasteiger partial charge < -0.3 is 10.2 Å². The molecule has 1 aliphatic heterocycles. The molecule has 0 aromatic rings. The second-order valence-corrected chi connectivity index (χ2v) is 6.34. The normalized spacial score (nSPS) is 40.5. The summed E-state index contributed by atoms with van der Waals surface area (Å²) in [6.07, 6.45) is 8.42. The molecule has 1 N–H and O–H groups in total. The molecule has 2 nitrogen and oxygen atoms in total. The van der Waals surface area contributed by atoms with Crippen molar-refractivity contribution in [1.82, 2.24) is 10.2 Å². The fourth-order valence-electron chi connectivity index (χ4n) is 3.71. The lowest BCUT2D eigenvalue weighted by atomic mass is 9.84. The van der Waals surface area contributed by atoms with Gasteiger partial charge in [0.2, 0.25) is 0 Å². The van der Waals surface area contributed by atoms with Crippen LogP contribution in [0.15, 0.2) is 0 Å². The van der Waals surface area contributed by atoms with Gasteiger partial charge in [0, 0.05) is 18.1 Å². The van der Waals surface area contributed by atoms with Gasteiger partial charge in [0.25, 0.3) is 0 Å². The van der Waals surface area contributed by atoms with Crippen LogP contribution in [0.1, 0.15) is 52.4 Å². The van der Waals surface area contributed by atoms with E-state index >= 15 is 0 Å².